The third kappa shape index (κ3) is 4.41. The Kier molecular flexibility index (Phi) is 6.16. The number of H-pyrrole nitrogens is 1. The van der Waals surface area contributed by atoms with Gasteiger partial charge in [-0.15, -0.1) is 0 Å². The minimum Gasteiger partial charge on any atom is -0.434 e. The van der Waals surface area contributed by atoms with Crippen LogP contribution in [0.4, 0.5) is 26.0 Å². The molecule has 0 spiro atoms. The number of aryl methyl sites for hydroxylation is 1. The molecule has 1 aliphatic rings. The molecule has 1 unspecified atom stereocenters. The fourth-order valence-corrected chi connectivity index (χ4v) is 4.33. The zero-order valence-electron chi connectivity index (χ0n) is 20.1. The van der Waals surface area contributed by atoms with Gasteiger partial charge in [0.2, 0.25) is 5.88 Å². The summed E-state index contributed by atoms with van der Waals surface area (Å²) in [5.41, 5.74) is 2.46. The maximum Gasteiger partial charge on any atom is 0.242 e. The van der Waals surface area contributed by atoms with Crippen LogP contribution >= 0.6 is 0 Å². The number of piperazine rings is 1. The Labute approximate surface area is 207 Å². The molecular formula is C26H25F2N7O. The average Bonchev–Trinajstić information content (AvgIpc) is 3.27. The van der Waals surface area contributed by atoms with Crippen LogP contribution < -0.4 is 15.0 Å². The predicted molar refractivity (Wildman–Crippen MR) is 134 cm³/mol. The molecule has 2 aromatic carbocycles. The molecule has 1 aliphatic heterocycles. The van der Waals surface area contributed by atoms with E-state index >= 15 is 4.39 Å². The Hall–Kier alpha value is -4.23. The fraction of sp³-hybridized carbons (Fsp3) is 0.269. The standard InChI is InChI=1S/C26H25F2N7O/c1-15-10-19-23(28)22(11-21(27)24(19)32-15)36-26-20(12-29)25(30-14-31-26)33-17-4-6-18(7-5-17)35-9-8-34(3)16(2)13-35/h4-7,10-11,14,16,32H,8-9,13H2,1-3H3,(H,30,31,33). The van der Waals surface area contributed by atoms with Crippen LogP contribution in [0.2, 0.25) is 0 Å². The van der Waals surface area contributed by atoms with Gasteiger partial charge in [0.15, 0.2) is 28.8 Å². The Bertz CT molecular complexity index is 1460. The number of fused-ring (bicyclic) bond motifs is 1. The van der Waals surface area contributed by atoms with Crippen molar-refractivity contribution in [2.24, 2.45) is 0 Å². The van der Waals surface area contributed by atoms with Crippen molar-refractivity contribution in [1.82, 2.24) is 19.9 Å². The monoisotopic (exact) mass is 489 g/mol. The number of nitrogens with zero attached hydrogens (tertiary/aromatic N) is 5. The van der Waals surface area contributed by atoms with Gasteiger partial charge in [-0.1, -0.05) is 0 Å². The molecule has 0 amide bonds. The number of aromatic nitrogens is 3. The minimum absolute atomic E-state index is 0.0281. The van der Waals surface area contributed by atoms with Crippen molar-refractivity contribution in [1.29, 1.82) is 5.26 Å². The fourth-order valence-electron chi connectivity index (χ4n) is 4.33. The number of rotatable bonds is 5. The first-order valence-corrected chi connectivity index (χ1v) is 11.6. The molecule has 0 saturated carbocycles. The molecule has 1 saturated heterocycles. The van der Waals surface area contributed by atoms with Crippen LogP contribution in [0.3, 0.4) is 0 Å². The summed E-state index contributed by atoms with van der Waals surface area (Å²) in [6.45, 7) is 6.80. The van der Waals surface area contributed by atoms with Crippen LogP contribution in [0, 0.1) is 29.9 Å². The number of benzene rings is 2. The number of hydrogen-bond donors (Lipinski definition) is 2. The van der Waals surface area contributed by atoms with Crippen LogP contribution in [0.1, 0.15) is 18.2 Å². The van der Waals surface area contributed by atoms with Gasteiger partial charge in [0, 0.05) is 54.2 Å². The number of nitriles is 1. The Morgan fingerprint density at radius 3 is 2.67 bits per heavy atom. The van der Waals surface area contributed by atoms with E-state index < -0.39 is 11.6 Å². The first kappa shape index (κ1) is 23.5. The number of ether oxygens (including phenoxy) is 1. The third-order valence-electron chi connectivity index (χ3n) is 6.49. The topological polar surface area (TPSA) is 93.1 Å². The van der Waals surface area contributed by atoms with Gasteiger partial charge in [0.25, 0.3) is 0 Å². The van der Waals surface area contributed by atoms with Gasteiger partial charge in [-0.2, -0.15) is 5.26 Å². The molecule has 10 heteroatoms. The molecule has 8 nitrogen and oxygen atoms in total. The molecule has 0 aliphatic carbocycles. The molecule has 184 valence electrons. The zero-order valence-corrected chi connectivity index (χ0v) is 20.1. The lowest BCUT2D eigenvalue weighted by Crippen LogP contribution is -2.50. The van der Waals surface area contributed by atoms with Crippen molar-refractivity contribution < 1.29 is 13.5 Å². The van der Waals surface area contributed by atoms with Crippen molar-refractivity contribution >= 4 is 28.1 Å². The van der Waals surface area contributed by atoms with Crippen LogP contribution in [-0.2, 0) is 0 Å². The number of likely N-dealkylation sites (N-methyl/N-ethyl adjacent to an activating group) is 1. The summed E-state index contributed by atoms with van der Waals surface area (Å²) < 4.78 is 35.1. The van der Waals surface area contributed by atoms with Gasteiger partial charge in [0.1, 0.15) is 12.4 Å². The molecule has 4 aromatic rings. The summed E-state index contributed by atoms with van der Waals surface area (Å²) in [5, 5.41) is 12.9. The van der Waals surface area contributed by atoms with Crippen molar-refractivity contribution in [2.45, 2.75) is 19.9 Å². The van der Waals surface area contributed by atoms with Crippen molar-refractivity contribution in [3.8, 4) is 17.7 Å². The second kappa shape index (κ2) is 9.43. The molecule has 3 heterocycles. The Morgan fingerprint density at radius 1 is 1.17 bits per heavy atom. The summed E-state index contributed by atoms with van der Waals surface area (Å²) in [7, 11) is 2.13. The number of aromatic amines is 1. The molecule has 0 bridgehead atoms. The highest BCUT2D eigenvalue weighted by Gasteiger charge is 2.22. The number of hydrogen-bond acceptors (Lipinski definition) is 7. The van der Waals surface area contributed by atoms with Crippen LogP contribution in [0.25, 0.3) is 10.9 Å². The molecule has 0 radical (unpaired) electrons. The van der Waals surface area contributed by atoms with Gasteiger partial charge in [-0.05, 0) is 51.2 Å². The Morgan fingerprint density at radius 2 is 1.94 bits per heavy atom. The first-order chi connectivity index (χ1) is 17.3. The maximum absolute atomic E-state index is 15.0. The second-order valence-corrected chi connectivity index (χ2v) is 8.98. The van der Waals surface area contributed by atoms with Gasteiger partial charge < -0.3 is 24.8 Å². The molecule has 2 aromatic heterocycles. The SMILES string of the molecule is Cc1cc2c(F)c(Oc3ncnc(Nc4ccc(N5CCN(C)C(C)C5)cc4)c3C#N)cc(F)c2[nH]1. The van der Waals surface area contributed by atoms with E-state index in [1.54, 1.807) is 6.92 Å². The predicted octanol–water partition coefficient (Wildman–Crippen LogP) is 5.09. The van der Waals surface area contributed by atoms with E-state index in [2.05, 4.69) is 44.0 Å². The van der Waals surface area contributed by atoms with E-state index in [-0.39, 0.29) is 33.9 Å². The minimum atomic E-state index is -0.749. The van der Waals surface area contributed by atoms with Gasteiger partial charge in [-0.25, -0.2) is 18.7 Å². The maximum atomic E-state index is 15.0. The van der Waals surface area contributed by atoms with Crippen LogP contribution in [0.5, 0.6) is 11.6 Å². The molecule has 1 atom stereocenters. The van der Waals surface area contributed by atoms with E-state index in [1.807, 2.05) is 30.3 Å². The summed E-state index contributed by atoms with van der Waals surface area (Å²) in [6, 6.07) is 12.7. The average molecular weight is 490 g/mol. The van der Waals surface area contributed by atoms with Crippen molar-refractivity contribution in [2.75, 3.05) is 36.9 Å². The van der Waals surface area contributed by atoms with E-state index in [0.29, 0.717) is 17.4 Å². The van der Waals surface area contributed by atoms with E-state index in [4.69, 9.17) is 4.74 Å². The highest BCUT2D eigenvalue weighted by atomic mass is 19.1. The normalized spacial score (nSPS) is 16.2. The first-order valence-electron chi connectivity index (χ1n) is 11.6. The molecule has 5 rings (SSSR count). The second-order valence-electron chi connectivity index (χ2n) is 8.98. The lowest BCUT2D eigenvalue weighted by atomic mass is 10.1. The van der Waals surface area contributed by atoms with Gasteiger partial charge in [-0.3, -0.25) is 0 Å². The van der Waals surface area contributed by atoms with Gasteiger partial charge in [0.05, 0.1) is 5.52 Å². The highest BCUT2D eigenvalue weighted by Crippen LogP contribution is 2.34. The molecular weight excluding hydrogens is 464 g/mol. The zero-order chi connectivity index (χ0) is 25.4. The van der Waals surface area contributed by atoms with Crippen molar-refractivity contribution in [3.63, 3.8) is 0 Å². The smallest absolute Gasteiger partial charge is 0.242 e. The molecule has 36 heavy (non-hydrogen) atoms. The summed E-state index contributed by atoms with van der Waals surface area (Å²) in [4.78, 5) is 15.6. The van der Waals surface area contributed by atoms with Crippen molar-refractivity contribution in [3.05, 3.63) is 65.6 Å². The quantitative estimate of drug-likeness (QED) is 0.403. The number of halogens is 2. The number of nitrogens with one attached hydrogen (secondary N) is 2. The van der Waals surface area contributed by atoms with Crippen LogP contribution in [-0.4, -0.2) is 52.6 Å². The lowest BCUT2D eigenvalue weighted by Gasteiger charge is -2.39. The molecule has 1 fully saturated rings. The molecule has 2 N–H and O–H groups in total. The largest absolute Gasteiger partial charge is 0.434 e. The summed E-state index contributed by atoms with van der Waals surface area (Å²) >= 11 is 0. The van der Waals surface area contributed by atoms with Gasteiger partial charge >= 0.3 is 0 Å². The highest BCUT2D eigenvalue weighted by molar-refractivity contribution is 5.83. The Balaban J connectivity index is 1.38. The van der Waals surface area contributed by atoms with E-state index in [0.717, 1.165) is 31.4 Å². The third-order valence-corrected chi connectivity index (χ3v) is 6.49. The summed E-state index contributed by atoms with van der Waals surface area (Å²) in [6.07, 6.45) is 1.20. The van der Waals surface area contributed by atoms with E-state index in [9.17, 15) is 9.65 Å². The number of anilines is 3. The van der Waals surface area contributed by atoms with E-state index in [1.165, 1.54) is 12.4 Å². The van der Waals surface area contributed by atoms with Crippen LogP contribution in [0.15, 0.2) is 42.7 Å². The summed E-state index contributed by atoms with van der Waals surface area (Å²) in [5.74, 6) is -1.77. The lowest BCUT2D eigenvalue weighted by molar-refractivity contribution is 0.234.